The molecule has 2 heterocycles. The van der Waals surface area contributed by atoms with E-state index in [4.69, 9.17) is 0 Å². The molecular weight excluding hydrogens is 272 g/mol. The Morgan fingerprint density at radius 3 is 2.55 bits per heavy atom. The Kier molecular flexibility index (Phi) is 2.73. The predicted molar refractivity (Wildman–Crippen MR) is 87.0 cm³/mol. The summed E-state index contributed by atoms with van der Waals surface area (Å²) in [5.74, 6) is 2.04. The van der Waals surface area contributed by atoms with E-state index in [1.54, 1.807) is 0 Å². The Balaban J connectivity index is 1.48. The van der Waals surface area contributed by atoms with E-state index in [2.05, 4.69) is 34.1 Å². The summed E-state index contributed by atoms with van der Waals surface area (Å²) in [5.41, 5.74) is 2.27. The van der Waals surface area contributed by atoms with Gasteiger partial charge in [-0.15, -0.1) is 0 Å². The summed E-state index contributed by atoms with van der Waals surface area (Å²) in [5, 5.41) is 0. The van der Waals surface area contributed by atoms with Gasteiger partial charge in [-0.1, -0.05) is 18.2 Å². The minimum absolute atomic E-state index is 0.236. The van der Waals surface area contributed by atoms with E-state index in [1.165, 1.54) is 43.5 Å². The highest BCUT2D eigenvalue weighted by atomic mass is 16.2. The van der Waals surface area contributed by atoms with E-state index in [0.717, 1.165) is 37.9 Å². The first-order chi connectivity index (χ1) is 10.8. The molecular formula is C19H24N2O. The maximum Gasteiger partial charge on any atom is 0.239 e. The van der Waals surface area contributed by atoms with Gasteiger partial charge in [-0.25, -0.2) is 0 Å². The highest BCUT2D eigenvalue weighted by Crippen LogP contribution is 2.49. The number of hydrogen-bond donors (Lipinski definition) is 0. The number of hydrogen-bond acceptors (Lipinski definition) is 2. The minimum atomic E-state index is -0.236. The highest BCUT2D eigenvalue weighted by molar-refractivity contribution is 6.08. The third-order valence-electron chi connectivity index (χ3n) is 6.06. The number of rotatable bonds is 4. The molecule has 0 aromatic heterocycles. The van der Waals surface area contributed by atoms with E-state index in [1.807, 2.05) is 0 Å². The van der Waals surface area contributed by atoms with Crippen molar-refractivity contribution in [2.75, 3.05) is 31.1 Å². The second-order valence-corrected chi connectivity index (χ2v) is 7.89. The fraction of sp³-hybridized carbons (Fsp3) is 0.632. The lowest BCUT2D eigenvalue weighted by Gasteiger charge is -2.24. The Labute approximate surface area is 132 Å². The van der Waals surface area contributed by atoms with Gasteiger partial charge in [0.2, 0.25) is 5.91 Å². The average molecular weight is 296 g/mol. The van der Waals surface area contributed by atoms with Gasteiger partial charge in [-0.3, -0.25) is 4.79 Å². The lowest BCUT2D eigenvalue weighted by atomic mass is 9.81. The summed E-state index contributed by atoms with van der Waals surface area (Å²) in [4.78, 5) is 18.0. The lowest BCUT2D eigenvalue weighted by Crippen LogP contribution is -2.43. The van der Waals surface area contributed by atoms with Gasteiger partial charge in [0.25, 0.3) is 0 Å². The minimum Gasteiger partial charge on any atom is -0.311 e. The Morgan fingerprint density at radius 1 is 1.05 bits per heavy atom. The summed E-state index contributed by atoms with van der Waals surface area (Å²) in [7, 11) is 0. The van der Waals surface area contributed by atoms with Crippen molar-refractivity contribution in [3.05, 3.63) is 29.8 Å². The topological polar surface area (TPSA) is 23.6 Å². The molecule has 3 nitrogen and oxygen atoms in total. The molecule has 1 atom stereocenters. The molecule has 3 fully saturated rings. The first-order valence-electron chi connectivity index (χ1n) is 8.90. The molecule has 1 aromatic rings. The number of nitrogens with zero attached hydrogens (tertiary/aromatic N) is 2. The molecule has 0 N–H and O–H groups in total. The number of likely N-dealkylation sites (tertiary alicyclic amines) is 1. The van der Waals surface area contributed by atoms with E-state index < -0.39 is 0 Å². The summed E-state index contributed by atoms with van der Waals surface area (Å²) in [6.45, 7) is 4.19. The third-order valence-corrected chi connectivity index (χ3v) is 6.06. The zero-order valence-electron chi connectivity index (χ0n) is 13.1. The van der Waals surface area contributed by atoms with Crippen molar-refractivity contribution in [1.82, 2.24) is 4.90 Å². The fourth-order valence-electron chi connectivity index (χ4n) is 4.44. The molecule has 1 saturated heterocycles. The number of benzene rings is 1. The summed E-state index contributed by atoms with van der Waals surface area (Å²) in [6, 6.07) is 8.56. The van der Waals surface area contributed by atoms with Gasteiger partial charge in [0.05, 0.1) is 5.41 Å². The van der Waals surface area contributed by atoms with Gasteiger partial charge in [0, 0.05) is 25.3 Å². The van der Waals surface area contributed by atoms with Crippen LogP contribution < -0.4 is 4.90 Å². The molecule has 0 bridgehead atoms. The van der Waals surface area contributed by atoms with Gasteiger partial charge in [0.1, 0.15) is 0 Å². The van der Waals surface area contributed by atoms with Crippen LogP contribution in [0.25, 0.3) is 0 Å². The molecule has 1 amide bonds. The number of amides is 1. The SMILES string of the molecule is O=C1N(CC2CC2)c2ccccc2[C@]12CCN(CC1CC1)C2. The van der Waals surface area contributed by atoms with Crippen molar-refractivity contribution in [3.8, 4) is 0 Å². The summed E-state index contributed by atoms with van der Waals surface area (Å²) in [6.07, 6.45) is 6.39. The fourth-order valence-corrected chi connectivity index (χ4v) is 4.44. The average Bonchev–Trinajstić information content (AvgIpc) is 3.44. The first kappa shape index (κ1) is 13.1. The number of fused-ring (bicyclic) bond motifs is 2. The van der Waals surface area contributed by atoms with Crippen LogP contribution in [0.1, 0.15) is 37.7 Å². The molecule has 5 rings (SSSR count). The second-order valence-electron chi connectivity index (χ2n) is 7.89. The molecule has 2 saturated carbocycles. The van der Waals surface area contributed by atoms with E-state index in [9.17, 15) is 4.79 Å². The Bertz CT molecular complexity index is 620. The third kappa shape index (κ3) is 1.95. The van der Waals surface area contributed by atoms with Gasteiger partial charge in [0.15, 0.2) is 0 Å². The van der Waals surface area contributed by atoms with Crippen molar-refractivity contribution in [2.45, 2.75) is 37.5 Å². The van der Waals surface area contributed by atoms with Crippen LogP contribution in [0.5, 0.6) is 0 Å². The number of carbonyl (C=O) groups excluding carboxylic acids is 1. The van der Waals surface area contributed by atoms with Crippen LogP contribution in [0, 0.1) is 11.8 Å². The van der Waals surface area contributed by atoms with Crippen LogP contribution in [0.15, 0.2) is 24.3 Å². The van der Waals surface area contributed by atoms with Crippen molar-refractivity contribution < 1.29 is 4.79 Å². The summed E-state index contributed by atoms with van der Waals surface area (Å²) >= 11 is 0. The van der Waals surface area contributed by atoms with Gasteiger partial charge >= 0.3 is 0 Å². The van der Waals surface area contributed by atoms with Gasteiger partial charge in [-0.05, 0) is 62.1 Å². The number of carbonyl (C=O) groups is 1. The van der Waals surface area contributed by atoms with Crippen molar-refractivity contribution in [2.24, 2.45) is 11.8 Å². The molecule has 1 aromatic carbocycles. The zero-order chi connectivity index (χ0) is 14.7. The first-order valence-corrected chi connectivity index (χ1v) is 8.90. The van der Waals surface area contributed by atoms with Gasteiger partial charge in [-0.2, -0.15) is 0 Å². The molecule has 4 aliphatic rings. The molecule has 2 aliphatic carbocycles. The van der Waals surface area contributed by atoms with Crippen molar-refractivity contribution >= 4 is 11.6 Å². The monoisotopic (exact) mass is 296 g/mol. The van der Waals surface area contributed by atoms with E-state index >= 15 is 0 Å². The van der Waals surface area contributed by atoms with Crippen LogP contribution in [0.2, 0.25) is 0 Å². The standard InChI is InChI=1S/C19H24N2O/c22-18-19(9-10-20(13-19)11-14-5-6-14)16-3-1-2-4-17(16)21(18)12-15-7-8-15/h1-4,14-15H,5-13H2/t19-/m1/s1. The molecule has 22 heavy (non-hydrogen) atoms. The number of anilines is 1. The smallest absolute Gasteiger partial charge is 0.239 e. The maximum absolute atomic E-state index is 13.3. The Morgan fingerprint density at radius 2 is 1.77 bits per heavy atom. The highest BCUT2D eigenvalue weighted by Gasteiger charge is 2.54. The summed E-state index contributed by atoms with van der Waals surface area (Å²) < 4.78 is 0. The van der Waals surface area contributed by atoms with Crippen LogP contribution in [-0.2, 0) is 10.2 Å². The van der Waals surface area contributed by atoms with Crippen LogP contribution in [0.4, 0.5) is 5.69 Å². The molecule has 3 heteroatoms. The maximum atomic E-state index is 13.3. The largest absolute Gasteiger partial charge is 0.311 e. The molecule has 0 radical (unpaired) electrons. The van der Waals surface area contributed by atoms with Crippen LogP contribution in [-0.4, -0.2) is 37.0 Å². The molecule has 2 aliphatic heterocycles. The van der Waals surface area contributed by atoms with E-state index in [-0.39, 0.29) is 5.41 Å². The Hall–Kier alpha value is -1.35. The van der Waals surface area contributed by atoms with E-state index in [0.29, 0.717) is 5.91 Å². The molecule has 0 unspecified atom stereocenters. The number of para-hydroxylation sites is 1. The second kappa shape index (κ2) is 4.58. The van der Waals surface area contributed by atoms with Gasteiger partial charge < -0.3 is 9.80 Å². The normalized spacial score (nSPS) is 31.3. The van der Waals surface area contributed by atoms with Crippen LogP contribution in [0.3, 0.4) is 0 Å². The zero-order valence-corrected chi connectivity index (χ0v) is 13.1. The molecule has 1 spiro atoms. The quantitative estimate of drug-likeness (QED) is 0.853. The lowest BCUT2D eigenvalue weighted by molar-refractivity contribution is -0.122. The predicted octanol–water partition coefficient (Wildman–Crippen LogP) is 2.80. The molecule has 116 valence electrons. The van der Waals surface area contributed by atoms with Crippen molar-refractivity contribution in [1.29, 1.82) is 0 Å². The van der Waals surface area contributed by atoms with Crippen molar-refractivity contribution in [3.63, 3.8) is 0 Å². The van der Waals surface area contributed by atoms with Crippen LogP contribution >= 0.6 is 0 Å².